The van der Waals surface area contributed by atoms with Crippen molar-refractivity contribution in [1.82, 2.24) is 9.88 Å². The molecule has 1 atom stereocenters. The van der Waals surface area contributed by atoms with Crippen LogP contribution in [-0.2, 0) is 11.3 Å². The second kappa shape index (κ2) is 6.34. The normalized spacial score (nSPS) is 12.2. The first-order valence-electron chi connectivity index (χ1n) is 6.47. The Morgan fingerprint density at radius 2 is 2.20 bits per heavy atom. The van der Waals surface area contributed by atoms with Crippen LogP contribution < -0.4 is 10.6 Å². The number of aromatic nitrogens is 1. The molecule has 1 unspecified atom stereocenters. The third-order valence-corrected chi connectivity index (χ3v) is 3.14. The van der Waals surface area contributed by atoms with Gasteiger partial charge in [0.15, 0.2) is 0 Å². The van der Waals surface area contributed by atoms with Crippen LogP contribution in [0.25, 0.3) is 0 Å². The highest BCUT2D eigenvalue weighted by Crippen LogP contribution is 2.12. The Bertz CT molecular complexity index is 594. The topological polar surface area (TPSA) is 46.1 Å². The summed E-state index contributed by atoms with van der Waals surface area (Å²) in [6.45, 7) is 2.25. The van der Waals surface area contributed by atoms with Gasteiger partial charge in [0.25, 0.3) is 0 Å². The van der Waals surface area contributed by atoms with Gasteiger partial charge in [0.1, 0.15) is 12.4 Å². The quantitative estimate of drug-likeness (QED) is 0.881. The van der Waals surface area contributed by atoms with Gasteiger partial charge in [-0.2, -0.15) is 0 Å². The van der Waals surface area contributed by atoms with Crippen molar-refractivity contribution in [2.75, 3.05) is 12.4 Å². The summed E-state index contributed by atoms with van der Waals surface area (Å²) in [5.41, 5.74) is 1.58. The van der Waals surface area contributed by atoms with Crippen molar-refractivity contribution in [3.05, 3.63) is 54.1 Å². The van der Waals surface area contributed by atoms with Crippen LogP contribution in [0, 0.1) is 5.82 Å². The Labute approximate surface area is 117 Å². The van der Waals surface area contributed by atoms with Crippen LogP contribution in [0.3, 0.4) is 0 Å². The predicted molar refractivity (Wildman–Crippen MR) is 76.9 cm³/mol. The molecule has 20 heavy (non-hydrogen) atoms. The average Bonchev–Trinajstić information content (AvgIpc) is 2.86. The lowest BCUT2D eigenvalue weighted by molar-refractivity contribution is -0.116. The van der Waals surface area contributed by atoms with Crippen molar-refractivity contribution in [3.8, 4) is 0 Å². The van der Waals surface area contributed by atoms with Gasteiger partial charge in [-0.3, -0.25) is 4.79 Å². The second-order valence-electron chi connectivity index (χ2n) is 4.69. The molecule has 2 N–H and O–H groups in total. The zero-order chi connectivity index (χ0) is 14.5. The van der Waals surface area contributed by atoms with Crippen molar-refractivity contribution in [3.63, 3.8) is 0 Å². The summed E-state index contributed by atoms with van der Waals surface area (Å²) in [5, 5.41) is 5.81. The smallest absolute Gasteiger partial charge is 0.244 e. The number of carbonyl (C=O) groups excluding carboxylic acids is 1. The maximum absolute atomic E-state index is 13.0. The van der Waals surface area contributed by atoms with E-state index in [1.165, 1.54) is 12.1 Å². The summed E-state index contributed by atoms with van der Waals surface area (Å²) in [6, 6.07) is 8.06. The van der Waals surface area contributed by atoms with Crippen LogP contribution >= 0.6 is 0 Å². The molecule has 0 fully saturated rings. The van der Waals surface area contributed by atoms with Gasteiger partial charge in [-0.05, 0) is 43.8 Å². The fourth-order valence-corrected chi connectivity index (χ4v) is 1.91. The van der Waals surface area contributed by atoms with E-state index in [-0.39, 0.29) is 24.3 Å². The molecule has 1 amide bonds. The summed E-state index contributed by atoms with van der Waals surface area (Å²) >= 11 is 0. The van der Waals surface area contributed by atoms with Crippen molar-refractivity contribution >= 4 is 11.6 Å². The molecule has 0 radical (unpaired) electrons. The molecular formula is C15H18FN3O. The van der Waals surface area contributed by atoms with Crippen molar-refractivity contribution in [2.24, 2.45) is 0 Å². The lowest BCUT2D eigenvalue weighted by atomic mass is 10.2. The van der Waals surface area contributed by atoms with Crippen molar-refractivity contribution in [1.29, 1.82) is 0 Å². The van der Waals surface area contributed by atoms with E-state index in [9.17, 15) is 9.18 Å². The minimum atomic E-state index is -0.367. The molecule has 5 heteroatoms. The molecule has 0 bridgehead atoms. The molecule has 2 aromatic rings. The lowest BCUT2D eigenvalue weighted by Gasteiger charge is -2.08. The van der Waals surface area contributed by atoms with Crippen LogP contribution in [0.5, 0.6) is 0 Å². The molecule has 0 saturated heterocycles. The van der Waals surface area contributed by atoms with E-state index >= 15 is 0 Å². The second-order valence-corrected chi connectivity index (χ2v) is 4.69. The Hall–Kier alpha value is -2.14. The number of nitrogens with zero attached hydrogens (tertiary/aromatic N) is 1. The van der Waals surface area contributed by atoms with E-state index < -0.39 is 0 Å². The molecule has 0 saturated carbocycles. The van der Waals surface area contributed by atoms with Crippen LogP contribution in [0.4, 0.5) is 10.1 Å². The van der Waals surface area contributed by atoms with E-state index in [1.54, 1.807) is 16.7 Å². The van der Waals surface area contributed by atoms with Crippen LogP contribution in [0.15, 0.2) is 42.7 Å². The number of carbonyl (C=O) groups is 1. The monoisotopic (exact) mass is 275 g/mol. The van der Waals surface area contributed by atoms with Crippen LogP contribution in [0.1, 0.15) is 18.5 Å². The fourth-order valence-electron chi connectivity index (χ4n) is 1.91. The van der Waals surface area contributed by atoms with E-state index in [0.29, 0.717) is 5.69 Å². The molecular weight excluding hydrogens is 257 g/mol. The first-order valence-corrected chi connectivity index (χ1v) is 6.47. The molecule has 1 aromatic carbocycles. The largest absolute Gasteiger partial charge is 0.345 e. The number of benzene rings is 1. The van der Waals surface area contributed by atoms with Gasteiger partial charge < -0.3 is 15.2 Å². The molecule has 4 nitrogen and oxygen atoms in total. The van der Waals surface area contributed by atoms with Crippen molar-refractivity contribution in [2.45, 2.75) is 19.5 Å². The zero-order valence-corrected chi connectivity index (χ0v) is 11.6. The number of hydrogen-bond acceptors (Lipinski definition) is 2. The van der Waals surface area contributed by atoms with Crippen molar-refractivity contribution < 1.29 is 9.18 Å². The van der Waals surface area contributed by atoms with Crippen LogP contribution in [0.2, 0.25) is 0 Å². The SMILES string of the molecule is CNC(C)c1ccn(CC(=O)Nc2cccc(F)c2)c1. The fraction of sp³-hybridized carbons (Fsp3) is 0.267. The summed E-state index contributed by atoms with van der Waals surface area (Å²) in [7, 11) is 1.89. The average molecular weight is 275 g/mol. The molecule has 0 aliphatic carbocycles. The van der Waals surface area contributed by atoms with Gasteiger partial charge in [-0.1, -0.05) is 6.07 Å². The number of halogens is 1. The van der Waals surface area contributed by atoms with E-state index in [0.717, 1.165) is 5.56 Å². The van der Waals surface area contributed by atoms with Gasteiger partial charge in [0.05, 0.1) is 0 Å². The van der Waals surface area contributed by atoms with Gasteiger partial charge in [0, 0.05) is 24.1 Å². The molecule has 1 heterocycles. The van der Waals surface area contributed by atoms with E-state index in [1.807, 2.05) is 32.4 Å². The van der Waals surface area contributed by atoms with Gasteiger partial charge in [-0.25, -0.2) is 4.39 Å². The molecule has 0 aliphatic heterocycles. The molecule has 0 spiro atoms. The van der Waals surface area contributed by atoms with Gasteiger partial charge >= 0.3 is 0 Å². The highest BCUT2D eigenvalue weighted by molar-refractivity contribution is 5.90. The molecule has 106 valence electrons. The lowest BCUT2D eigenvalue weighted by Crippen LogP contribution is -2.18. The number of hydrogen-bond donors (Lipinski definition) is 2. The standard InChI is InChI=1S/C15H18FN3O/c1-11(17-2)12-6-7-19(9-12)10-15(20)18-14-5-3-4-13(16)8-14/h3-9,11,17H,10H2,1-2H3,(H,18,20). The zero-order valence-electron chi connectivity index (χ0n) is 11.6. The third-order valence-electron chi connectivity index (χ3n) is 3.14. The minimum absolute atomic E-state index is 0.185. The Balaban J connectivity index is 1.96. The molecule has 2 rings (SSSR count). The summed E-state index contributed by atoms with van der Waals surface area (Å²) < 4.78 is 14.8. The van der Waals surface area contributed by atoms with Gasteiger partial charge in [-0.15, -0.1) is 0 Å². The number of rotatable bonds is 5. The first-order chi connectivity index (χ1) is 9.58. The number of anilines is 1. The van der Waals surface area contributed by atoms with E-state index in [4.69, 9.17) is 0 Å². The predicted octanol–water partition coefficient (Wildman–Crippen LogP) is 2.55. The van der Waals surface area contributed by atoms with E-state index in [2.05, 4.69) is 10.6 Å². The summed E-state index contributed by atoms with van der Waals surface area (Å²) in [6.07, 6.45) is 3.78. The first kappa shape index (κ1) is 14.3. The Morgan fingerprint density at radius 3 is 2.90 bits per heavy atom. The summed E-state index contributed by atoms with van der Waals surface area (Å²) in [5.74, 6) is -0.552. The summed E-state index contributed by atoms with van der Waals surface area (Å²) in [4.78, 5) is 11.9. The highest BCUT2D eigenvalue weighted by Gasteiger charge is 2.07. The number of nitrogens with one attached hydrogen (secondary N) is 2. The Morgan fingerprint density at radius 1 is 1.40 bits per heavy atom. The maximum Gasteiger partial charge on any atom is 0.244 e. The number of amides is 1. The van der Waals surface area contributed by atoms with Crippen LogP contribution in [-0.4, -0.2) is 17.5 Å². The maximum atomic E-state index is 13.0. The minimum Gasteiger partial charge on any atom is -0.345 e. The molecule has 1 aromatic heterocycles. The molecule has 0 aliphatic rings. The Kier molecular flexibility index (Phi) is 4.53. The van der Waals surface area contributed by atoms with Gasteiger partial charge in [0.2, 0.25) is 5.91 Å². The highest BCUT2D eigenvalue weighted by atomic mass is 19.1. The third kappa shape index (κ3) is 3.68.